The van der Waals surface area contributed by atoms with Crippen molar-refractivity contribution in [3.63, 3.8) is 0 Å². The van der Waals surface area contributed by atoms with Gasteiger partial charge in [-0.1, -0.05) is 42.5 Å². The van der Waals surface area contributed by atoms with Crippen molar-refractivity contribution < 1.29 is 9.59 Å². The summed E-state index contributed by atoms with van der Waals surface area (Å²) in [5.74, 6) is -0.641. The monoisotopic (exact) mass is 424 g/mol. The molecule has 0 fully saturated rings. The summed E-state index contributed by atoms with van der Waals surface area (Å²) in [5, 5.41) is 3.31. The van der Waals surface area contributed by atoms with Gasteiger partial charge in [0.25, 0.3) is 11.8 Å². The van der Waals surface area contributed by atoms with Crippen molar-refractivity contribution in [2.45, 2.75) is 41.5 Å². The van der Waals surface area contributed by atoms with Crippen molar-refractivity contribution in [1.82, 2.24) is 0 Å². The number of imide groups is 1. The van der Waals surface area contributed by atoms with Gasteiger partial charge in [0.15, 0.2) is 0 Å². The van der Waals surface area contributed by atoms with Gasteiger partial charge < -0.3 is 5.32 Å². The number of anilines is 2. The van der Waals surface area contributed by atoms with Crippen molar-refractivity contribution in [3.8, 4) is 0 Å². The molecule has 3 aromatic carbocycles. The Morgan fingerprint density at radius 1 is 0.688 bits per heavy atom. The van der Waals surface area contributed by atoms with Crippen LogP contribution in [0.25, 0.3) is 5.57 Å². The van der Waals surface area contributed by atoms with Crippen molar-refractivity contribution in [1.29, 1.82) is 0 Å². The number of hydrogen-bond donors (Lipinski definition) is 1. The van der Waals surface area contributed by atoms with Crippen molar-refractivity contribution >= 4 is 28.8 Å². The van der Waals surface area contributed by atoms with E-state index in [1.165, 1.54) is 4.90 Å². The van der Waals surface area contributed by atoms with Crippen LogP contribution in [0, 0.1) is 41.5 Å². The number of carbonyl (C=O) groups is 2. The minimum absolute atomic E-state index is 0.306. The standard InChI is InChI=1S/C28H28N2O2/c1-16-10-11-19(4)23(14-16)29-26-25(22-13-12-17(2)20(5)15-22)27(31)30(28(26)32)24-9-7-8-18(3)21(24)6/h7-15,29H,1-6H3. The summed E-state index contributed by atoms with van der Waals surface area (Å²) in [7, 11) is 0. The first kappa shape index (κ1) is 21.6. The summed E-state index contributed by atoms with van der Waals surface area (Å²) in [5.41, 5.74) is 9.16. The number of nitrogens with zero attached hydrogens (tertiary/aromatic N) is 1. The Morgan fingerprint density at radius 2 is 1.41 bits per heavy atom. The fraction of sp³-hybridized carbons (Fsp3) is 0.214. The summed E-state index contributed by atoms with van der Waals surface area (Å²) < 4.78 is 0. The average molecular weight is 425 g/mol. The molecule has 0 saturated carbocycles. The molecule has 1 heterocycles. The smallest absolute Gasteiger partial charge is 0.282 e. The molecule has 3 aromatic rings. The van der Waals surface area contributed by atoms with Gasteiger partial charge >= 0.3 is 0 Å². The molecule has 1 aliphatic rings. The maximum atomic E-state index is 13.7. The predicted molar refractivity (Wildman–Crippen MR) is 131 cm³/mol. The van der Waals surface area contributed by atoms with Gasteiger partial charge in [-0.3, -0.25) is 9.59 Å². The van der Waals surface area contributed by atoms with Crippen LogP contribution in [0.3, 0.4) is 0 Å². The van der Waals surface area contributed by atoms with Gasteiger partial charge in [0.1, 0.15) is 5.70 Å². The average Bonchev–Trinajstić information content (AvgIpc) is 2.99. The van der Waals surface area contributed by atoms with Crippen LogP contribution in [0.15, 0.2) is 60.3 Å². The molecular weight excluding hydrogens is 396 g/mol. The van der Waals surface area contributed by atoms with Crippen LogP contribution in [-0.4, -0.2) is 11.8 Å². The highest BCUT2D eigenvalue weighted by Crippen LogP contribution is 2.36. The van der Waals surface area contributed by atoms with Crippen molar-refractivity contribution in [2.75, 3.05) is 10.2 Å². The SMILES string of the molecule is Cc1ccc(C)c(NC2=C(c3ccc(C)c(C)c3)C(=O)N(c3cccc(C)c3C)C2=O)c1. The summed E-state index contributed by atoms with van der Waals surface area (Å²) in [4.78, 5) is 28.7. The zero-order valence-corrected chi connectivity index (χ0v) is 19.5. The van der Waals surface area contributed by atoms with Gasteiger partial charge in [-0.2, -0.15) is 0 Å². The first-order valence-electron chi connectivity index (χ1n) is 10.8. The molecule has 4 nitrogen and oxygen atoms in total. The highest BCUT2D eigenvalue weighted by molar-refractivity contribution is 6.46. The van der Waals surface area contributed by atoms with Crippen LogP contribution in [0.5, 0.6) is 0 Å². The molecule has 2 amide bonds. The highest BCUT2D eigenvalue weighted by atomic mass is 16.2. The van der Waals surface area contributed by atoms with Gasteiger partial charge in [0, 0.05) is 5.69 Å². The predicted octanol–water partition coefficient (Wildman–Crippen LogP) is 5.93. The second kappa shape index (κ2) is 8.12. The first-order chi connectivity index (χ1) is 15.2. The molecule has 0 atom stereocenters. The van der Waals surface area contributed by atoms with Crippen LogP contribution in [0.2, 0.25) is 0 Å². The topological polar surface area (TPSA) is 49.4 Å². The Bertz CT molecular complexity index is 1300. The van der Waals surface area contributed by atoms with Gasteiger partial charge in [0.05, 0.1) is 11.3 Å². The molecule has 32 heavy (non-hydrogen) atoms. The van der Waals surface area contributed by atoms with Crippen LogP contribution >= 0.6 is 0 Å². The number of benzene rings is 3. The number of nitrogens with one attached hydrogen (secondary N) is 1. The van der Waals surface area contributed by atoms with E-state index in [4.69, 9.17) is 0 Å². The quantitative estimate of drug-likeness (QED) is 0.528. The maximum absolute atomic E-state index is 13.7. The third-order valence-corrected chi connectivity index (χ3v) is 6.35. The van der Waals surface area contributed by atoms with E-state index >= 15 is 0 Å². The van der Waals surface area contributed by atoms with E-state index in [-0.39, 0.29) is 11.8 Å². The maximum Gasteiger partial charge on any atom is 0.282 e. The first-order valence-corrected chi connectivity index (χ1v) is 10.8. The molecule has 1 N–H and O–H groups in total. The molecule has 0 saturated heterocycles. The third-order valence-electron chi connectivity index (χ3n) is 6.35. The van der Waals surface area contributed by atoms with E-state index in [0.29, 0.717) is 17.0 Å². The van der Waals surface area contributed by atoms with E-state index in [1.807, 2.05) is 96.1 Å². The Kier molecular flexibility index (Phi) is 5.47. The van der Waals surface area contributed by atoms with Crippen molar-refractivity contribution in [3.05, 3.63) is 99.2 Å². The van der Waals surface area contributed by atoms with E-state index in [0.717, 1.165) is 44.6 Å². The lowest BCUT2D eigenvalue weighted by atomic mass is 9.99. The van der Waals surface area contributed by atoms with Gasteiger partial charge in [-0.25, -0.2) is 4.90 Å². The zero-order valence-electron chi connectivity index (χ0n) is 19.5. The van der Waals surface area contributed by atoms with E-state index < -0.39 is 0 Å². The minimum atomic E-state index is -0.335. The molecular formula is C28H28N2O2. The summed E-state index contributed by atoms with van der Waals surface area (Å²) in [6.07, 6.45) is 0. The molecule has 4 rings (SSSR count). The molecule has 162 valence electrons. The highest BCUT2D eigenvalue weighted by Gasteiger charge is 2.41. The lowest BCUT2D eigenvalue weighted by Crippen LogP contribution is -2.33. The van der Waals surface area contributed by atoms with Crippen LogP contribution in [0.1, 0.15) is 38.9 Å². The lowest BCUT2D eigenvalue weighted by Gasteiger charge is -2.19. The van der Waals surface area contributed by atoms with Crippen LogP contribution in [-0.2, 0) is 9.59 Å². The van der Waals surface area contributed by atoms with Gasteiger partial charge in [-0.05, 0) is 92.6 Å². The second-order valence-electron chi connectivity index (χ2n) is 8.66. The molecule has 0 radical (unpaired) electrons. The van der Waals surface area contributed by atoms with E-state index in [1.54, 1.807) is 0 Å². The fourth-order valence-electron chi connectivity index (χ4n) is 4.01. The van der Waals surface area contributed by atoms with E-state index in [2.05, 4.69) is 5.32 Å². The summed E-state index contributed by atoms with van der Waals surface area (Å²) in [6.45, 7) is 12.0. The largest absolute Gasteiger partial charge is 0.350 e. The van der Waals surface area contributed by atoms with Crippen molar-refractivity contribution in [2.24, 2.45) is 0 Å². The fourth-order valence-corrected chi connectivity index (χ4v) is 4.01. The van der Waals surface area contributed by atoms with Crippen LogP contribution in [0.4, 0.5) is 11.4 Å². The Balaban J connectivity index is 1.90. The normalized spacial score (nSPS) is 13.9. The summed E-state index contributed by atoms with van der Waals surface area (Å²) in [6, 6.07) is 17.6. The molecule has 0 spiro atoms. The number of carbonyl (C=O) groups excluding carboxylic acids is 2. The van der Waals surface area contributed by atoms with Gasteiger partial charge in [0.2, 0.25) is 0 Å². The minimum Gasteiger partial charge on any atom is -0.350 e. The lowest BCUT2D eigenvalue weighted by molar-refractivity contribution is -0.120. The molecule has 0 aliphatic carbocycles. The Morgan fingerprint density at radius 3 is 2.12 bits per heavy atom. The molecule has 0 aromatic heterocycles. The zero-order chi connectivity index (χ0) is 23.2. The summed E-state index contributed by atoms with van der Waals surface area (Å²) >= 11 is 0. The third kappa shape index (κ3) is 3.62. The molecule has 4 heteroatoms. The van der Waals surface area contributed by atoms with Crippen LogP contribution < -0.4 is 10.2 Å². The molecule has 0 unspecified atom stereocenters. The number of amides is 2. The Hall–Kier alpha value is -3.66. The van der Waals surface area contributed by atoms with E-state index in [9.17, 15) is 9.59 Å². The number of hydrogen-bond acceptors (Lipinski definition) is 3. The number of aryl methyl sites for hydroxylation is 5. The number of rotatable bonds is 4. The Labute approximate surface area is 189 Å². The second-order valence-corrected chi connectivity index (χ2v) is 8.66. The van der Waals surface area contributed by atoms with Gasteiger partial charge in [-0.15, -0.1) is 0 Å². The molecule has 0 bridgehead atoms. The molecule has 1 aliphatic heterocycles.